The first kappa shape index (κ1) is 11.4. The van der Waals surface area contributed by atoms with Crippen molar-refractivity contribution >= 4 is 5.91 Å². The fourth-order valence-corrected chi connectivity index (χ4v) is 1.35. The van der Waals surface area contributed by atoms with Crippen molar-refractivity contribution in [2.75, 3.05) is 6.54 Å². The molecule has 0 radical (unpaired) electrons. The Morgan fingerprint density at radius 3 is 2.33 bits per heavy atom. The lowest BCUT2D eigenvalue weighted by atomic mass is 9.90. The lowest BCUT2D eigenvalue weighted by molar-refractivity contribution is -0.368. The number of hydrogen-bond acceptors (Lipinski definition) is 1. The summed E-state index contributed by atoms with van der Waals surface area (Å²) in [6, 6.07) is 0. The molecule has 0 bridgehead atoms. The van der Waals surface area contributed by atoms with Gasteiger partial charge < -0.3 is 11.5 Å². The van der Waals surface area contributed by atoms with Crippen LogP contribution in [0.15, 0.2) is 0 Å². The normalized spacial score (nSPS) is 13.3. The Balaban J connectivity index is 3.72. The SMILES string of the molecule is CC(C)C(CCCC[NH3+])C(N)=O. The summed E-state index contributed by atoms with van der Waals surface area (Å²) < 4.78 is 0. The molecule has 0 fully saturated rings. The van der Waals surface area contributed by atoms with Crippen molar-refractivity contribution in [3.8, 4) is 0 Å². The summed E-state index contributed by atoms with van der Waals surface area (Å²) in [6.07, 6.45) is 3.08. The number of unbranched alkanes of at least 4 members (excludes halogenated alkanes) is 1. The molecule has 0 rings (SSSR count). The highest BCUT2D eigenvalue weighted by Gasteiger charge is 2.18. The predicted molar refractivity (Wildman–Crippen MR) is 49.1 cm³/mol. The Morgan fingerprint density at radius 2 is 2.00 bits per heavy atom. The second-order valence-corrected chi connectivity index (χ2v) is 3.60. The summed E-state index contributed by atoms with van der Waals surface area (Å²) in [7, 11) is 0. The molecule has 0 aromatic heterocycles. The first-order chi connectivity index (χ1) is 5.59. The molecule has 5 N–H and O–H groups in total. The molecule has 3 heteroatoms. The smallest absolute Gasteiger partial charge is 0.220 e. The molecule has 72 valence electrons. The van der Waals surface area contributed by atoms with E-state index in [9.17, 15) is 4.79 Å². The van der Waals surface area contributed by atoms with Crippen LogP contribution >= 0.6 is 0 Å². The average Bonchev–Trinajstić information content (AvgIpc) is 1.96. The van der Waals surface area contributed by atoms with Gasteiger partial charge in [-0.3, -0.25) is 4.79 Å². The lowest BCUT2D eigenvalue weighted by Gasteiger charge is -2.16. The highest BCUT2D eigenvalue weighted by molar-refractivity contribution is 5.76. The minimum absolute atomic E-state index is 0.0524. The molecule has 3 nitrogen and oxygen atoms in total. The van der Waals surface area contributed by atoms with Crippen molar-refractivity contribution < 1.29 is 10.5 Å². The van der Waals surface area contributed by atoms with Crippen LogP contribution in [0.5, 0.6) is 0 Å². The molecule has 0 spiro atoms. The van der Waals surface area contributed by atoms with Gasteiger partial charge in [0.2, 0.25) is 5.91 Å². The summed E-state index contributed by atoms with van der Waals surface area (Å²) in [5, 5.41) is 0. The lowest BCUT2D eigenvalue weighted by Crippen LogP contribution is -2.50. The van der Waals surface area contributed by atoms with Gasteiger partial charge in [-0.1, -0.05) is 13.8 Å². The maximum atomic E-state index is 10.9. The molecule has 0 saturated carbocycles. The van der Waals surface area contributed by atoms with Crippen molar-refractivity contribution in [2.45, 2.75) is 33.1 Å². The van der Waals surface area contributed by atoms with Gasteiger partial charge in [0.05, 0.1) is 6.54 Å². The fourth-order valence-electron chi connectivity index (χ4n) is 1.35. The van der Waals surface area contributed by atoms with Crippen molar-refractivity contribution in [1.82, 2.24) is 0 Å². The van der Waals surface area contributed by atoms with Gasteiger partial charge >= 0.3 is 0 Å². The molecule has 0 saturated heterocycles. The highest BCUT2D eigenvalue weighted by Crippen LogP contribution is 2.17. The highest BCUT2D eigenvalue weighted by atomic mass is 16.1. The van der Waals surface area contributed by atoms with Gasteiger partial charge in [-0.15, -0.1) is 0 Å². The number of amides is 1. The molecule has 0 aliphatic carbocycles. The van der Waals surface area contributed by atoms with Crippen LogP contribution in [-0.2, 0) is 4.79 Å². The summed E-state index contributed by atoms with van der Waals surface area (Å²) in [5.41, 5.74) is 9.02. The Bertz CT molecular complexity index is 134. The molecular formula is C9H21N2O+. The fraction of sp³-hybridized carbons (Fsp3) is 0.889. The van der Waals surface area contributed by atoms with E-state index in [1.807, 2.05) is 13.8 Å². The van der Waals surface area contributed by atoms with Crippen LogP contribution in [0.4, 0.5) is 0 Å². The van der Waals surface area contributed by atoms with Crippen molar-refractivity contribution in [2.24, 2.45) is 17.6 Å². The maximum Gasteiger partial charge on any atom is 0.220 e. The number of hydrogen-bond donors (Lipinski definition) is 2. The summed E-state index contributed by atoms with van der Waals surface area (Å²) >= 11 is 0. The van der Waals surface area contributed by atoms with E-state index in [0.29, 0.717) is 5.92 Å². The molecule has 0 aliphatic heterocycles. The predicted octanol–water partition coefficient (Wildman–Crippen LogP) is 0.156. The third-order valence-electron chi connectivity index (χ3n) is 2.19. The number of quaternary nitrogens is 1. The van der Waals surface area contributed by atoms with E-state index < -0.39 is 0 Å². The summed E-state index contributed by atoms with van der Waals surface area (Å²) in [4.78, 5) is 10.9. The van der Waals surface area contributed by atoms with Gasteiger partial charge in [-0.05, 0) is 25.2 Å². The third-order valence-corrected chi connectivity index (χ3v) is 2.19. The summed E-state index contributed by atoms with van der Waals surface area (Å²) in [6.45, 7) is 5.03. The monoisotopic (exact) mass is 173 g/mol. The maximum absolute atomic E-state index is 10.9. The number of carbonyl (C=O) groups is 1. The van der Waals surface area contributed by atoms with Crippen LogP contribution in [0.2, 0.25) is 0 Å². The number of primary amides is 1. The Kier molecular flexibility index (Phi) is 5.72. The van der Waals surface area contributed by atoms with Gasteiger partial charge in [0.25, 0.3) is 0 Å². The van der Waals surface area contributed by atoms with E-state index in [4.69, 9.17) is 5.73 Å². The second-order valence-electron chi connectivity index (χ2n) is 3.60. The van der Waals surface area contributed by atoms with E-state index in [0.717, 1.165) is 25.8 Å². The largest absolute Gasteiger partial charge is 0.369 e. The Labute approximate surface area is 74.5 Å². The van der Waals surface area contributed by atoms with Crippen LogP contribution in [0.1, 0.15) is 33.1 Å². The Morgan fingerprint density at radius 1 is 1.42 bits per heavy atom. The number of rotatable bonds is 6. The molecule has 12 heavy (non-hydrogen) atoms. The molecule has 0 aromatic rings. The minimum Gasteiger partial charge on any atom is -0.369 e. The topological polar surface area (TPSA) is 70.7 Å². The zero-order valence-corrected chi connectivity index (χ0v) is 8.18. The van der Waals surface area contributed by atoms with E-state index in [1.54, 1.807) is 0 Å². The summed E-state index contributed by atoms with van der Waals surface area (Å²) in [5.74, 6) is 0.262. The zero-order valence-electron chi connectivity index (χ0n) is 8.18. The third kappa shape index (κ3) is 4.34. The van der Waals surface area contributed by atoms with E-state index in [1.165, 1.54) is 0 Å². The van der Waals surface area contributed by atoms with Crippen LogP contribution in [0.3, 0.4) is 0 Å². The van der Waals surface area contributed by atoms with Crippen molar-refractivity contribution in [3.05, 3.63) is 0 Å². The van der Waals surface area contributed by atoms with E-state index in [-0.39, 0.29) is 11.8 Å². The molecule has 0 aromatic carbocycles. The van der Waals surface area contributed by atoms with Crippen molar-refractivity contribution in [3.63, 3.8) is 0 Å². The van der Waals surface area contributed by atoms with Gasteiger partial charge in [-0.25, -0.2) is 0 Å². The molecule has 1 unspecified atom stereocenters. The van der Waals surface area contributed by atoms with Crippen LogP contribution in [-0.4, -0.2) is 12.5 Å². The molecular weight excluding hydrogens is 152 g/mol. The molecule has 0 heterocycles. The van der Waals surface area contributed by atoms with Crippen LogP contribution < -0.4 is 11.5 Å². The first-order valence-corrected chi connectivity index (χ1v) is 4.68. The Hall–Kier alpha value is -0.570. The van der Waals surface area contributed by atoms with E-state index >= 15 is 0 Å². The van der Waals surface area contributed by atoms with Gasteiger partial charge in [0.1, 0.15) is 0 Å². The van der Waals surface area contributed by atoms with Crippen LogP contribution in [0, 0.1) is 11.8 Å². The quantitative estimate of drug-likeness (QED) is 0.552. The standard InChI is InChI=1S/C9H20N2O/c1-7(2)8(9(11)12)5-3-4-6-10/h7-8H,3-6,10H2,1-2H3,(H2,11,12)/p+1. The molecule has 0 aliphatic rings. The number of carbonyl (C=O) groups excluding carboxylic acids is 1. The first-order valence-electron chi connectivity index (χ1n) is 4.68. The van der Waals surface area contributed by atoms with Gasteiger partial charge in [0.15, 0.2) is 0 Å². The van der Waals surface area contributed by atoms with E-state index in [2.05, 4.69) is 5.73 Å². The van der Waals surface area contributed by atoms with Gasteiger partial charge in [0, 0.05) is 5.92 Å². The zero-order chi connectivity index (χ0) is 9.56. The minimum atomic E-state index is -0.158. The average molecular weight is 173 g/mol. The van der Waals surface area contributed by atoms with Gasteiger partial charge in [-0.2, -0.15) is 0 Å². The molecule has 1 atom stereocenters. The number of nitrogens with two attached hydrogens (primary N) is 1. The van der Waals surface area contributed by atoms with Crippen molar-refractivity contribution in [1.29, 1.82) is 0 Å². The van der Waals surface area contributed by atoms with Crippen LogP contribution in [0.25, 0.3) is 0 Å². The second kappa shape index (κ2) is 6.00. The molecule has 1 amide bonds.